The summed E-state index contributed by atoms with van der Waals surface area (Å²) in [6.07, 6.45) is 8.30. The lowest BCUT2D eigenvalue weighted by molar-refractivity contribution is -0.119. The van der Waals surface area contributed by atoms with Gasteiger partial charge in [0, 0.05) is 29.9 Å². The second-order valence-corrected chi connectivity index (χ2v) is 10.2. The molecule has 5 rings (SSSR count). The van der Waals surface area contributed by atoms with Crippen LogP contribution in [-0.2, 0) is 4.79 Å². The molecule has 1 aromatic carbocycles. The largest absolute Gasteiger partial charge is 0.351 e. The Morgan fingerprint density at radius 1 is 1.09 bits per heavy atom. The fourth-order valence-corrected chi connectivity index (χ4v) is 5.25. The maximum Gasteiger partial charge on any atom is 0.251 e. The maximum absolute atomic E-state index is 12.7. The van der Waals surface area contributed by atoms with Crippen molar-refractivity contribution >= 4 is 35.0 Å². The normalized spacial score (nSPS) is 21.8. The summed E-state index contributed by atoms with van der Waals surface area (Å²) in [5, 5.41) is 9.41. The van der Waals surface area contributed by atoms with E-state index in [9.17, 15) is 9.59 Å². The minimum Gasteiger partial charge on any atom is -0.351 e. The van der Waals surface area contributed by atoms with Gasteiger partial charge >= 0.3 is 0 Å². The van der Waals surface area contributed by atoms with E-state index in [0.717, 1.165) is 50.3 Å². The van der Waals surface area contributed by atoms with Crippen molar-refractivity contribution in [3.63, 3.8) is 0 Å². The van der Waals surface area contributed by atoms with Gasteiger partial charge in [-0.15, -0.1) is 0 Å². The molecule has 2 aliphatic heterocycles. The number of carbonyl (C=O) groups is 2. The van der Waals surface area contributed by atoms with Crippen molar-refractivity contribution in [2.75, 3.05) is 42.2 Å². The first-order valence-corrected chi connectivity index (χ1v) is 12.8. The Bertz CT molecular complexity index is 1060. The topological polar surface area (TPSA) is 102 Å². The number of likely N-dealkylation sites (tertiary alicyclic amines) is 1. The number of piperidine rings is 1. The first-order chi connectivity index (χ1) is 17.0. The second kappa shape index (κ2) is 10.2. The summed E-state index contributed by atoms with van der Waals surface area (Å²) >= 11 is 0. The van der Waals surface area contributed by atoms with Crippen LogP contribution in [0.25, 0.3) is 0 Å². The second-order valence-electron chi connectivity index (χ2n) is 10.2. The van der Waals surface area contributed by atoms with E-state index in [4.69, 9.17) is 4.98 Å². The van der Waals surface area contributed by atoms with Gasteiger partial charge < -0.3 is 25.8 Å². The highest BCUT2D eigenvalue weighted by atomic mass is 16.2. The number of anilines is 4. The number of hydrogen-bond donors (Lipinski definition) is 3. The third-order valence-electron chi connectivity index (χ3n) is 7.44. The molecule has 1 unspecified atom stereocenters. The highest BCUT2D eigenvalue weighted by Gasteiger charge is 2.32. The van der Waals surface area contributed by atoms with Gasteiger partial charge in [0.1, 0.15) is 5.69 Å². The minimum absolute atomic E-state index is 0.00479. The summed E-state index contributed by atoms with van der Waals surface area (Å²) in [7, 11) is 2.11. The Hall–Kier alpha value is -3.20. The average Bonchev–Trinajstić information content (AvgIpc) is 3.36. The molecule has 2 fully saturated rings. The van der Waals surface area contributed by atoms with Gasteiger partial charge in [0.05, 0.1) is 12.1 Å². The van der Waals surface area contributed by atoms with Gasteiger partial charge in [-0.2, -0.15) is 4.98 Å². The highest BCUT2D eigenvalue weighted by molar-refractivity contribution is 5.97. The van der Waals surface area contributed by atoms with Crippen molar-refractivity contribution in [1.29, 1.82) is 0 Å². The van der Waals surface area contributed by atoms with E-state index in [0.29, 0.717) is 29.8 Å². The molecule has 1 saturated heterocycles. The fourth-order valence-electron chi connectivity index (χ4n) is 5.25. The van der Waals surface area contributed by atoms with Gasteiger partial charge in [-0.3, -0.25) is 9.59 Å². The van der Waals surface area contributed by atoms with Gasteiger partial charge in [0.15, 0.2) is 5.82 Å². The maximum atomic E-state index is 12.7. The monoisotopic (exact) mass is 477 g/mol. The van der Waals surface area contributed by atoms with Crippen LogP contribution in [0.1, 0.15) is 55.8 Å². The Balaban J connectivity index is 1.28. The van der Waals surface area contributed by atoms with Crippen LogP contribution >= 0.6 is 0 Å². The van der Waals surface area contributed by atoms with E-state index in [-0.39, 0.29) is 23.8 Å². The van der Waals surface area contributed by atoms with E-state index in [1.54, 1.807) is 6.20 Å². The van der Waals surface area contributed by atoms with Crippen molar-refractivity contribution in [3.8, 4) is 0 Å². The Kier molecular flexibility index (Phi) is 6.86. The zero-order valence-corrected chi connectivity index (χ0v) is 20.6. The number of amides is 2. The standard InChI is InChI=1S/C26H35N7O2/c1-17-16-33(21-5-3-4-6-21)23-22(30-24(17)34)15-27-26(31-23)29-19-9-7-18(8-10-19)25(35)28-20-11-13-32(2)14-12-20/h7-10,15,17,20-21H,3-6,11-14,16H2,1-2H3,(H,28,35)(H,30,34)(H,27,29,31). The third-order valence-corrected chi connectivity index (χ3v) is 7.44. The highest BCUT2D eigenvalue weighted by Crippen LogP contribution is 2.35. The predicted octanol–water partition coefficient (Wildman–Crippen LogP) is 3.38. The molecule has 1 saturated carbocycles. The van der Waals surface area contributed by atoms with E-state index >= 15 is 0 Å². The summed E-state index contributed by atoms with van der Waals surface area (Å²) in [6.45, 7) is 4.63. The summed E-state index contributed by atoms with van der Waals surface area (Å²) in [4.78, 5) is 39.0. The van der Waals surface area contributed by atoms with Crippen LogP contribution in [0, 0.1) is 5.92 Å². The summed E-state index contributed by atoms with van der Waals surface area (Å²) in [6, 6.07) is 8.02. The Morgan fingerprint density at radius 2 is 1.80 bits per heavy atom. The van der Waals surface area contributed by atoms with Crippen LogP contribution in [0.5, 0.6) is 0 Å². The van der Waals surface area contributed by atoms with E-state index in [2.05, 4.69) is 37.8 Å². The van der Waals surface area contributed by atoms with Crippen LogP contribution < -0.4 is 20.9 Å². The molecule has 3 N–H and O–H groups in total. The van der Waals surface area contributed by atoms with Gasteiger partial charge in [0.25, 0.3) is 5.91 Å². The van der Waals surface area contributed by atoms with Crippen LogP contribution in [0.2, 0.25) is 0 Å². The molecule has 2 aromatic rings. The molecule has 0 radical (unpaired) electrons. The third kappa shape index (κ3) is 5.40. The van der Waals surface area contributed by atoms with Crippen molar-refractivity contribution < 1.29 is 9.59 Å². The van der Waals surface area contributed by atoms with E-state index < -0.39 is 0 Å². The fraction of sp³-hybridized carbons (Fsp3) is 0.538. The molecule has 1 atom stereocenters. The smallest absolute Gasteiger partial charge is 0.251 e. The number of rotatable bonds is 5. The van der Waals surface area contributed by atoms with Crippen LogP contribution in [0.15, 0.2) is 30.5 Å². The van der Waals surface area contributed by atoms with Crippen molar-refractivity contribution in [2.24, 2.45) is 5.92 Å². The molecular weight excluding hydrogens is 442 g/mol. The summed E-state index contributed by atoms with van der Waals surface area (Å²) in [5.41, 5.74) is 2.11. The summed E-state index contributed by atoms with van der Waals surface area (Å²) < 4.78 is 0. The zero-order chi connectivity index (χ0) is 24.4. The van der Waals surface area contributed by atoms with Crippen molar-refractivity contribution in [3.05, 3.63) is 36.0 Å². The molecule has 3 aliphatic rings. The van der Waals surface area contributed by atoms with E-state index in [1.165, 1.54) is 12.8 Å². The Labute approximate surface area is 206 Å². The van der Waals surface area contributed by atoms with Gasteiger partial charge in [0.2, 0.25) is 11.9 Å². The molecule has 35 heavy (non-hydrogen) atoms. The predicted molar refractivity (Wildman–Crippen MR) is 137 cm³/mol. The number of nitrogens with zero attached hydrogens (tertiary/aromatic N) is 4. The molecule has 9 heteroatoms. The number of nitrogens with one attached hydrogen (secondary N) is 3. The first-order valence-electron chi connectivity index (χ1n) is 12.8. The lowest BCUT2D eigenvalue weighted by Crippen LogP contribution is -2.43. The molecule has 9 nitrogen and oxygen atoms in total. The molecule has 186 valence electrons. The molecule has 0 bridgehead atoms. The number of carbonyl (C=O) groups excluding carboxylic acids is 2. The van der Waals surface area contributed by atoms with Gasteiger partial charge in [-0.05, 0) is 70.1 Å². The van der Waals surface area contributed by atoms with Crippen LogP contribution in [-0.4, -0.2) is 65.4 Å². The van der Waals surface area contributed by atoms with Crippen LogP contribution in [0.4, 0.5) is 23.1 Å². The minimum atomic E-state index is -0.116. The molecule has 3 heterocycles. The number of hydrogen-bond acceptors (Lipinski definition) is 7. The van der Waals surface area contributed by atoms with E-state index in [1.807, 2.05) is 31.2 Å². The Morgan fingerprint density at radius 3 is 2.51 bits per heavy atom. The lowest BCUT2D eigenvalue weighted by Gasteiger charge is -2.30. The van der Waals surface area contributed by atoms with Gasteiger partial charge in [-0.25, -0.2) is 4.98 Å². The van der Waals surface area contributed by atoms with Gasteiger partial charge in [-0.1, -0.05) is 19.8 Å². The molecule has 1 aromatic heterocycles. The first kappa shape index (κ1) is 23.5. The van der Waals surface area contributed by atoms with Crippen molar-refractivity contribution in [1.82, 2.24) is 20.2 Å². The van der Waals surface area contributed by atoms with Crippen molar-refractivity contribution in [2.45, 2.75) is 57.5 Å². The molecule has 0 spiro atoms. The quantitative estimate of drug-likeness (QED) is 0.607. The number of aromatic nitrogens is 2. The average molecular weight is 478 g/mol. The van der Waals surface area contributed by atoms with Crippen LogP contribution in [0.3, 0.4) is 0 Å². The molecule has 1 aliphatic carbocycles. The number of benzene rings is 1. The summed E-state index contributed by atoms with van der Waals surface area (Å²) in [5.74, 6) is 1.10. The SMILES string of the molecule is CC1CN(C2CCCC2)c2nc(Nc3ccc(C(=O)NC4CCN(C)CC4)cc3)ncc2NC1=O. The zero-order valence-electron chi connectivity index (χ0n) is 20.6. The molecular formula is C26H35N7O2. The number of fused-ring (bicyclic) bond motifs is 1. The molecule has 2 amide bonds. The lowest BCUT2D eigenvalue weighted by atomic mass is 10.0.